The maximum absolute atomic E-state index is 6.21. The van der Waals surface area contributed by atoms with Crippen LogP contribution in [0.5, 0.6) is 0 Å². The van der Waals surface area contributed by atoms with Gasteiger partial charge in [-0.1, -0.05) is 60.1 Å². The third-order valence-corrected chi connectivity index (χ3v) is 3.72. The first-order chi connectivity index (χ1) is 11.3. The Bertz CT molecular complexity index is 910. The molecule has 23 heavy (non-hydrogen) atoms. The van der Waals surface area contributed by atoms with Gasteiger partial charge in [0.15, 0.2) is 5.82 Å². The Balaban J connectivity index is 1.88. The van der Waals surface area contributed by atoms with Gasteiger partial charge >= 0.3 is 0 Å². The lowest BCUT2D eigenvalue weighted by molar-refractivity contribution is 0.872. The highest BCUT2D eigenvalue weighted by Gasteiger charge is 2.10. The van der Waals surface area contributed by atoms with E-state index in [1.807, 2.05) is 60.7 Å². The Labute approximate surface area is 143 Å². The fourth-order valence-electron chi connectivity index (χ4n) is 2.04. The molecule has 0 saturated heterocycles. The van der Waals surface area contributed by atoms with Gasteiger partial charge in [-0.2, -0.15) is 14.9 Å². The van der Waals surface area contributed by atoms with Crippen molar-refractivity contribution in [1.82, 2.24) is 14.9 Å². The van der Waals surface area contributed by atoms with Crippen LogP contribution in [-0.4, -0.2) is 21.1 Å². The topological polar surface area (TPSA) is 46.0 Å². The number of hydrogen-bond donors (Lipinski definition) is 1. The van der Waals surface area contributed by atoms with E-state index in [4.69, 9.17) is 23.8 Å². The highest BCUT2D eigenvalue weighted by atomic mass is 35.5. The molecule has 114 valence electrons. The van der Waals surface area contributed by atoms with Crippen molar-refractivity contribution in [3.8, 4) is 11.4 Å². The summed E-state index contributed by atoms with van der Waals surface area (Å²) in [5.41, 5.74) is 1.87. The third-order valence-electron chi connectivity index (χ3n) is 3.12. The minimum atomic E-state index is 0.407. The van der Waals surface area contributed by atoms with Crippen LogP contribution in [0.3, 0.4) is 0 Å². The van der Waals surface area contributed by atoms with Gasteiger partial charge in [0.05, 0.1) is 5.02 Å². The first kappa shape index (κ1) is 15.4. The molecule has 0 spiro atoms. The zero-order chi connectivity index (χ0) is 16.1. The molecule has 4 nitrogen and oxygen atoms in total. The molecule has 0 atom stereocenters. The molecule has 1 aromatic heterocycles. The van der Waals surface area contributed by atoms with E-state index in [0.29, 0.717) is 15.6 Å². The molecule has 2 aromatic carbocycles. The number of nitrogens with one attached hydrogen (secondary N) is 1. The van der Waals surface area contributed by atoms with Gasteiger partial charge in [-0.3, -0.25) is 0 Å². The van der Waals surface area contributed by atoms with Crippen molar-refractivity contribution in [2.45, 2.75) is 0 Å². The van der Waals surface area contributed by atoms with Crippen LogP contribution in [-0.2, 0) is 0 Å². The number of aromatic nitrogens is 3. The van der Waals surface area contributed by atoms with Crippen LogP contribution in [0.2, 0.25) is 5.02 Å². The van der Waals surface area contributed by atoms with Crippen molar-refractivity contribution in [1.29, 1.82) is 0 Å². The summed E-state index contributed by atoms with van der Waals surface area (Å²) in [6, 6.07) is 17.4. The van der Waals surface area contributed by atoms with Crippen molar-refractivity contribution in [2.75, 3.05) is 0 Å². The van der Waals surface area contributed by atoms with Crippen molar-refractivity contribution in [3.63, 3.8) is 0 Å². The summed E-state index contributed by atoms with van der Waals surface area (Å²) in [6.07, 6.45) is 5.47. The molecule has 1 N–H and O–H groups in total. The predicted molar refractivity (Wildman–Crippen MR) is 97.2 cm³/mol. The smallest absolute Gasteiger partial charge is 0.216 e. The second-order valence-electron chi connectivity index (χ2n) is 4.68. The fraction of sp³-hybridized carbons (Fsp3) is 0. The van der Waals surface area contributed by atoms with Crippen molar-refractivity contribution in [2.24, 2.45) is 5.10 Å². The average molecular weight is 341 g/mol. The van der Waals surface area contributed by atoms with Crippen LogP contribution < -0.4 is 0 Å². The number of hydrogen-bond acceptors (Lipinski definition) is 3. The molecule has 0 fully saturated rings. The number of allylic oxidation sites excluding steroid dienone is 1. The third kappa shape index (κ3) is 3.64. The van der Waals surface area contributed by atoms with Gasteiger partial charge in [0.1, 0.15) is 0 Å². The lowest BCUT2D eigenvalue weighted by Gasteiger charge is -2.02. The summed E-state index contributed by atoms with van der Waals surface area (Å²) in [4.78, 5) is 0. The number of benzene rings is 2. The zero-order valence-corrected chi connectivity index (χ0v) is 13.6. The van der Waals surface area contributed by atoms with Crippen LogP contribution in [0.25, 0.3) is 17.5 Å². The summed E-state index contributed by atoms with van der Waals surface area (Å²) >= 11 is 11.4. The Kier molecular flexibility index (Phi) is 4.80. The van der Waals surface area contributed by atoms with Crippen LogP contribution >= 0.6 is 23.8 Å². The Morgan fingerprint density at radius 1 is 1.09 bits per heavy atom. The summed E-state index contributed by atoms with van der Waals surface area (Å²) < 4.78 is 1.95. The van der Waals surface area contributed by atoms with E-state index in [2.05, 4.69) is 15.3 Å². The van der Waals surface area contributed by atoms with Gasteiger partial charge in [0, 0.05) is 11.8 Å². The fourth-order valence-corrected chi connectivity index (χ4v) is 2.44. The molecule has 0 bridgehead atoms. The molecular formula is C17H13ClN4S. The zero-order valence-electron chi connectivity index (χ0n) is 12.1. The highest BCUT2D eigenvalue weighted by Crippen LogP contribution is 2.25. The van der Waals surface area contributed by atoms with E-state index in [9.17, 15) is 0 Å². The van der Waals surface area contributed by atoms with E-state index in [1.54, 1.807) is 17.0 Å². The van der Waals surface area contributed by atoms with E-state index >= 15 is 0 Å². The lowest BCUT2D eigenvalue weighted by atomic mass is 10.2. The van der Waals surface area contributed by atoms with Gasteiger partial charge < -0.3 is 0 Å². The Morgan fingerprint density at radius 3 is 2.61 bits per heavy atom. The summed E-state index contributed by atoms with van der Waals surface area (Å²) in [5.74, 6) is 0.574. The van der Waals surface area contributed by atoms with Crippen LogP contribution in [0.4, 0.5) is 0 Å². The molecule has 0 aliphatic heterocycles. The number of aromatic amines is 1. The van der Waals surface area contributed by atoms with Gasteiger partial charge in [0.2, 0.25) is 4.77 Å². The second-order valence-corrected chi connectivity index (χ2v) is 5.47. The van der Waals surface area contributed by atoms with Gasteiger partial charge in [0.25, 0.3) is 0 Å². The molecule has 3 aromatic rings. The van der Waals surface area contributed by atoms with Gasteiger partial charge in [-0.25, -0.2) is 5.10 Å². The summed E-state index contributed by atoms with van der Waals surface area (Å²) in [5, 5.41) is 11.9. The average Bonchev–Trinajstić information content (AvgIpc) is 2.94. The maximum atomic E-state index is 6.21. The summed E-state index contributed by atoms with van der Waals surface area (Å²) in [6.45, 7) is 0. The Morgan fingerprint density at radius 2 is 1.83 bits per heavy atom. The van der Waals surface area contributed by atoms with Gasteiger partial charge in [-0.05, 0) is 36.0 Å². The molecule has 1 heterocycles. The SMILES string of the molecule is S=c1[nH]nc(-c2ccccc2Cl)n1/N=C\C=C\c1ccccc1. The van der Waals surface area contributed by atoms with E-state index in [1.165, 1.54) is 0 Å². The number of rotatable bonds is 4. The largest absolute Gasteiger partial charge is 0.250 e. The van der Waals surface area contributed by atoms with Crippen molar-refractivity contribution < 1.29 is 0 Å². The number of H-pyrrole nitrogens is 1. The van der Waals surface area contributed by atoms with Crippen LogP contribution in [0, 0.1) is 4.77 Å². The summed E-state index contributed by atoms with van der Waals surface area (Å²) in [7, 11) is 0. The van der Waals surface area contributed by atoms with E-state index < -0.39 is 0 Å². The predicted octanol–water partition coefficient (Wildman–Crippen LogP) is 4.81. The molecule has 0 saturated carbocycles. The normalized spacial score (nSPS) is 11.5. The minimum Gasteiger partial charge on any atom is -0.250 e. The lowest BCUT2D eigenvalue weighted by Crippen LogP contribution is -1.94. The molecular weight excluding hydrogens is 328 g/mol. The second kappa shape index (κ2) is 7.17. The molecule has 3 rings (SSSR count). The minimum absolute atomic E-state index is 0.407. The van der Waals surface area contributed by atoms with Crippen molar-refractivity contribution >= 4 is 36.1 Å². The monoisotopic (exact) mass is 340 g/mol. The standard InChI is InChI=1S/C17H13ClN4S/c18-15-11-5-4-10-14(15)16-20-21-17(23)22(16)19-12-6-9-13-7-2-1-3-8-13/h1-12H,(H,21,23)/b9-6+,19-12-. The van der Waals surface area contributed by atoms with Crippen LogP contribution in [0.1, 0.15) is 5.56 Å². The van der Waals surface area contributed by atoms with Crippen LogP contribution in [0.15, 0.2) is 65.8 Å². The first-order valence-corrected chi connectivity index (χ1v) is 7.73. The molecule has 0 aliphatic carbocycles. The van der Waals surface area contributed by atoms with E-state index in [-0.39, 0.29) is 0 Å². The number of nitrogens with zero attached hydrogens (tertiary/aromatic N) is 3. The highest BCUT2D eigenvalue weighted by molar-refractivity contribution is 7.71. The molecule has 0 aliphatic rings. The number of halogens is 1. The first-order valence-electron chi connectivity index (χ1n) is 6.94. The molecule has 0 radical (unpaired) electrons. The van der Waals surface area contributed by atoms with Gasteiger partial charge in [-0.15, -0.1) is 0 Å². The van der Waals surface area contributed by atoms with Crippen molar-refractivity contribution in [3.05, 3.63) is 76.0 Å². The molecule has 0 unspecified atom stereocenters. The molecule has 0 amide bonds. The van der Waals surface area contributed by atoms with E-state index in [0.717, 1.165) is 11.1 Å². The maximum Gasteiger partial charge on any atom is 0.216 e. The Hall–Kier alpha value is -2.50. The molecule has 6 heteroatoms. The quantitative estimate of drug-likeness (QED) is 0.547.